The van der Waals surface area contributed by atoms with Gasteiger partial charge in [-0.3, -0.25) is 4.90 Å². The van der Waals surface area contributed by atoms with Crippen molar-refractivity contribution in [2.75, 3.05) is 42.6 Å². The first-order chi connectivity index (χ1) is 21.6. The second-order valence-corrected chi connectivity index (χ2v) is 12.9. The van der Waals surface area contributed by atoms with Gasteiger partial charge < -0.3 is 26.3 Å². The first kappa shape index (κ1) is 39.7. The topological polar surface area (TPSA) is 85.8 Å². The van der Waals surface area contributed by atoms with Gasteiger partial charge in [0.1, 0.15) is 11.5 Å². The van der Waals surface area contributed by atoms with Crippen LogP contribution in [0.3, 0.4) is 0 Å². The maximum atomic E-state index is 6.14. The molecule has 2 fully saturated rings. The molecule has 256 valence electrons. The van der Waals surface area contributed by atoms with Gasteiger partial charge in [0.05, 0.1) is 23.6 Å². The van der Waals surface area contributed by atoms with Gasteiger partial charge in [-0.25, -0.2) is 0 Å². The Hall–Kier alpha value is -2.49. The summed E-state index contributed by atoms with van der Waals surface area (Å²) >= 11 is 2.15. The number of alkyl halides is 1. The minimum atomic E-state index is 0. The number of nitrogens with zero attached hydrogens (tertiary/aromatic N) is 1. The number of ether oxygens (including phenoxy) is 2. The number of aryl methyl sites for hydroxylation is 2. The average Bonchev–Trinajstić information content (AvgIpc) is 3.02. The lowest BCUT2D eigenvalue weighted by Gasteiger charge is -2.33. The van der Waals surface area contributed by atoms with E-state index in [4.69, 9.17) is 20.9 Å². The maximum absolute atomic E-state index is 6.14. The fourth-order valence-corrected chi connectivity index (χ4v) is 6.42. The molecule has 0 aliphatic carbocycles. The smallest absolute Gasteiger partial charge is 0.142 e. The van der Waals surface area contributed by atoms with Gasteiger partial charge in [-0.2, -0.15) is 0 Å². The molecule has 2 aliphatic rings. The van der Waals surface area contributed by atoms with Crippen molar-refractivity contribution in [3.05, 3.63) is 82.4 Å². The normalized spacial score (nSPS) is 15.7. The third kappa shape index (κ3) is 11.9. The molecular weight excluding hydrogens is 683 g/mol. The predicted octanol–water partition coefficient (Wildman–Crippen LogP) is 9.26. The number of benzene rings is 3. The summed E-state index contributed by atoms with van der Waals surface area (Å²) in [6.07, 6.45) is 5.09. The van der Waals surface area contributed by atoms with E-state index in [2.05, 4.69) is 101 Å². The van der Waals surface area contributed by atoms with Crippen molar-refractivity contribution in [3.63, 3.8) is 0 Å². The Morgan fingerprint density at radius 3 is 1.61 bits per heavy atom. The van der Waals surface area contributed by atoms with E-state index in [9.17, 15) is 0 Å². The van der Waals surface area contributed by atoms with E-state index in [1.165, 1.54) is 53.5 Å². The molecule has 0 spiro atoms. The lowest BCUT2D eigenvalue weighted by atomic mass is 9.86. The van der Waals surface area contributed by atoms with E-state index in [1.807, 2.05) is 32.6 Å². The lowest BCUT2D eigenvalue weighted by Crippen LogP contribution is -2.32. The summed E-state index contributed by atoms with van der Waals surface area (Å²) in [5.74, 6) is 2.91. The number of piperidine rings is 2. The quantitative estimate of drug-likeness (QED) is 0.121. The van der Waals surface area contributed by atoms with Crippen LogP contribution in [0, 0.1) is 13.8 Å². The molecule has 0 atom stereocenters. The van der Waals surface area contributed by atoms with Crippen molar-refractivity contribution >= 4 is 34.0 Å². The summed E-state index contributed by atoms with van der Waals surface area (Å²) in [6.45, 7) is 18.0. The summed E-state index contributed by atoms with van der Waals surface area (Å²) in [5.41, 5.74) is 20.5. The zero-order chi connectivity index (χ0) is 32.9. The van der Waals surface area contributed by atoms with E-state index in [0.29, 0.717) is 11.8 Å². The SMILES string of the molecule is C.CI.Cc1cc(N)c(OC(C)C)cc1C1CCN(Cc2ccccc2)CC1.Cc1cc(N)c(OC(C)C)cc1C1CCNCC1. The van der Waals surface area contributed by atoms with Gasteiger partial charge in [-0.1, -0.05) is 60.3 Å². The van der Waals surface area contributed by atoms with Gasteiger partial charge in [0.2, 0.25) is 0 Å². The predicted molar refractivity (Wildman–Crippen MR) is 208 cm³/mol. The van der Waals surface area contributed by atoms with Crippen molar-refractivity contribution < 1.29 is 9.47 Å². The molecule has 5 rings (SSSR count). The fraction of sp³-hybridized carbons (Fsp3) is 0.538. The number of nitrogen functional groups attached to an aromatic ring is 2. The van der Waals surface area contributed by atoms with E-state index in [-0.39, 0.29) is 19.6 Å². The van der Waals surface area contributed by atoms with E-state index < -0.39 is 0 Å². The second kappa shape index (κ2) is 20.0. The van der Waals surface area contributed by atoms with E-state index >= 15 is 0 Å². The molecular formula is C39H61IN4O2. The number of hydrogen-bond donors (Lipinski definition) is 3. The minimum absolute atomic E-state index is 0. The third-order valence-electron chi connectivity index (χ3n) is 8.58. The van der Waals surface area contributed by atoms with E-state index in [1.54, 1.807) is 0 Å². The van der Waals surface area contributed by atoms with Crippen molar-refractivity contribution in [1.82, 2.24) is 10.2 Å². The summed E-state index contributed by atoms with van der Waals surface area (Å²) in [7, 11) is 0. The van der Waals surface area contributed by atoms with Crippen molar-refractivity contribution in [3.8, 4) is 11.5 Å². The van der Waals surface area contributed by atoms with Gasteiger partial charge in [-0.05, 0) is 162 Å². The number of nitrogens with two attached hydrogens (primary N) is 2. The second-order valence-electron chi connectivity index (χ2n) is 12.9. The highest BCUT2D eigenvalue weighted by molar-refractivity contribution is 14.1. The van der Waals surface area contributed by atoms with Crippen LogP contribution in [0.4, 0.5) is 11.4 Å². The molecule has 0 amide bonds. The molecule has 5 N–H and O–H groups in total. The van der Waals surface area contributed by atoms with Crippen LogP contribution < -0.4 is 26.3 Å². The number of hydrogen-bond acceptors (Lipinski definition) is 6. The summed E-state index contributed by atoms with van der Waals surface area (Å²) in [5, 5.41) is 3.41. The maximum Gasteiger partial charge on any atom is 0.142 e. The van der Waals surface area contributed by atoms with Crippen molar-refractivity contribution in [2.45, 2.75) is 105 Å². The number of rotatable bonds is 8. The lowest BCUT2D eigenvalue weighted by molar-refractivity contribution is 0.204. The molecule has 0 saturated carbocycles. The highest BCUT2D eigenvalue weighted by Gasteiger charge is 2.23. The number of halogens is 1. The van der Waals surface area contributed by atoms with Gasteiger partial charge in [0, 0.05) is 6.54 Å². The Morgan fingerprint density at radius 1 is 0.739 bits per heavy atom. The first-order valence-corrected chi connectivity index (χ1v) is 18.7. The summed E-state index contributed by atoms with van der Waals surface area (Å²) in [6, 6.07) is 19.2. The standard InChI is InChI=1S/C22H30N2O.C15H24N2O.CH3I.CH4/c1-16(2)25-22-14-20(17(3)13-21(22)23)19-9-11-24(12-10-19)15-18-7-5-4-6-8-18;1-10(2)18-15-9-13(11(3)8-14(15)16)12-4-6-17-7-5-12;1-2;/h4-8,13-14,16,19H,9-12,15,23H2,1-3H3;8-10,12,17H,4-7,16H2,1-3H3;1H3;1H4. The van der Waals surface area contributed by atoms with Crippen LogP contribution in [0.15, 0.2) is 54.6 Å². The zero-order valence-corrected chi connectivity index (χ0v) is 30.8. The Balaban J connectivity index is 0.000000311. The number of nitrogens with one attached hydrogen (secondary N) is 1. The van der Waals surface area contributed by atoms with Gasteiger partial charge in [0.15, 0.2) is 0 Å². The van der Waals surface area contributed by atoms with Crippen LogP contribution in [0.5, 0.6) is 11.5 Å². The minimum Gasteiger partial charge on any atom is -0.489 e. The number of anilines is 2. The molecule has 7 heteroatoms. The van der Waals surface area contributed by atoms with Crippen LogP contribution in [-0.4, -0.2) is 48.2 Å². The van der Waals surface area contributed by atoms with Gasteiger partial charge in [0.25, 0.3) is 0 Å². The largest absolute Gasteiger partial charge is 0.489 e. The molecule has 0 bridgehead atoms. The van der Waals surface area contributed by atoms with Gasteiger partial charge >= 0.3 is 0 Å². The monoisotopic (exact) mass is 744 g/mol. The van der Waals surface area contributed by atoms with Crippen LogP contribution in [0.1, 0.15) is 100 Å². The van der Waals surface area contributed by atoms with Crippen LogP contribution >= 0.6 is 22.6 Å². The fourth-order valence-electron chi connectivity index (χ4n) is 6.42. The molecule has 2 aliphatic heterocycles. The van der Waals surface area contributed by atoms with E-state index in [0.717, 1.165) is 55.6 Å². The Bertz CT molecular complexity index is 1300. The Kier molecular flexibility index (Phi) is 17.3. The highest BCUT2D eigenvalue weighted by atomic mass is 127. The molecule has 3 aromatic carbocycles. The van der Waals surface area contributed by atoms with Crippen molar-refractivity contribution in [1.29, 1.82) is 0 Å². The molecule has 46 heavy (non-hydrogen) atoms. The summed E-state index contributed by atoms with van der Waals surface area (Å²) < 4.78 is 11.7. The Labute approximate surface area is 294 Å². The van der Waals surface area contributed by atoms with Crippen molar-refractivity contribution in [2.24, 2.45) is 0 Å². The Morgan fingerprint density at radius 2 is 1.17 bits per heavy atom. The molecule has 0 aromatic heterocycles. The van der Waals surface area contributed by atoms with Crippen LogP contribution in [0.2, 0.25) is 0 Å². The number of likely N-dealkylation sites (tertiary alicyclic amines) is 1. The molecule has 0 unspecified atom stereocenters. The zero-order valence-electron chi connectivity index (χ0n) is 28.7. The molecule has 3 aromatic rings. The van der Waals surface area contributed by atoms with Gasteiger partial charge in [-0.15, -0.1) is 0 Å². The highest BCUT2D eigenvalue weighted by Crippen LogP contribution is 2.37. The first-order valence-electron chi connectivity index (χ1n) is 16.6. The molecule has 6 nitrogen and oxygen atoms in total. The van der Waals surface area contributed by atoms with Crippen LogP contribution in [0.25, 0.3) is 0 Å². The average molecular weight is 745 g/mol. The molecule has 2 saturated heterocycles. The van der Waals surface area contributed by atoms with Crippen LogP contribution in [-0.2, 0) is 6.54 Å². The summed E-state index contributed by atoms with van der Waals surface area (Å²) in [4.78, 5) is 4.53. The molecule has 0 radical (unpaired) electrons. The third-order valence-corrected chi connectivity index (χ3v) is 8.58. The molecule has 2 heterocycles.